The summed E-state index contributed by atoms with van der Waals surface area (Å²) in [5, 5.41) is 12.3. The van der Waals surface area contributed by atoms with E-state index in [-0.39, 0.29) is 0 Å². The lowest BCUT2D eigenvalue weighted by molar-refractivity contribution is 0.567. The molecular weight excluding hydrogens is 248 g/mol. The van der Waals surface area contributed by atoms with Crippen molar-refractivity contribution in [2.45, 2.75) is 32.9 Å². The molecule has 2 rings (SSSR count). The number of nitrogens with zero attached hydrogens (tertiary/aromatic N) is 3. The van der Waals surface area contributed by atoms with Gasteiger partial charge in [0.05, 0.1) is 18.0 Å². The van der Waals surface area contributed by atoms with Crippen LogP contribution in [0.4, 0.5) is 0 Å². The number of rotatable bonds is 7. The minimum absolute atomic E-state index is 0.728. The third kappa shape index (κ3) is 4.22. The molecule has 2 aromatic rings. The van der Waals surface area contributed by atoms with Crippen molar-refractivity contribution in [1.82, 2.24) is 14.9 Å². The highest BCUT2D eigenvalue weighted by Gasteiger charge is 1.99. The van der Waals surface area contributed by atoms with E-state index in [1.54, 1.807) is 0 Å². The van der Waals surface area contributed by atoms with Gasteiger partial charge in [-0.15, -0.1) is 0 Å². The largest absolute Gasteiger partial charge is 0.337 e. The van der Waals surface area contributed by atoms with Gasteiger partial charge in [-0.1, -0.05) is 6.07 Å². The van der Waals surface area contributed by atoms with Gasteiger partial charge >= 0.3 is 0 Å². The van der Waals surface area contributed by atoms with E-state index in [0.29, 0.717) is 0 Å². The maximum Gasteiger partial charge on any atom is 0.0991 e. The normalized spacial score (nSPS) is 10.4. The number of hydrogen-bond acceptors (Lipinski definition) is 3. The molecule has 0 aliphatic rings. The molecular formula is C16H20N4. The van der Waals surface area contributed by atoms with Gasteiger partial charge < -0.3 is 9.88 Å². The topological polar surface area (TPSA) is 53.6 Å². The van der Waals surface area contributed by atoms with Crippen LogP contribution in [-0.4, -0.2) is 16.1 Å². The molecule has 0 amide bonds. The number of aromatic nitrogens is 2. The first-order valence-electron chi connectivity index (χ1n) is 6.95. The Kier molecular flexibility index (Phi) is 5.33. The van der Waals surface area contributed by atoms with Crippen LogP contribution in [0, 0.1) is 18.3 Å². The van der Waals surface area contributed by atoms with E-state index >= 15 is 0 Å². The lowest BCUT2D eigenvalue weighted by Gasteiger charge is -2.08. The summed E-state index contributed by atoms with van der Waals surface area (Å²) in [5.74, 6) is 0. The molecule has 0 saturated carbocycles. The highest BCUT2D eigenvalue weighted by molar-refractivity contribution is 5.37. The summed E-state index contributed by atoms with van der Waals surface area (Å²) in [6.07, 6.45) is 7.95. The van der Waals surface area contributed by atoms with Crippen molar-refractivity contribution in [1.29, 1.82) is 5.26 Å². The summed E-state index contributed by atoms with van der Waals surface area (Å²) in [5.41, 5.74) is 3.17. The first kappa shape index (κ1) is 14.3. The molecule has 0 saturated heterocycles. The zero-order chi connectivity index (χ0) is 14.2. The minimum Gasteiger partial charge on any atom is -0.337 e. The van der Waals surface area contributed by atoms with Gasteiger partial charge in [-0.3, -0.25) is 0 Å². The fourth-order valence-electron chi connectivity index (χ4n) is 2.15. The van der Waals surface area contributed by atoms with Gasteiger partial charge in [0.25, 0.3) is 0 Å². The summed E-state index contributed by atoms with van der Waals surface area (Å²) in [4.78, 5) is 4.03. The Hall–Kier alpha value is -2.12. The number of nitrogens with one attached hydrogen (secondary N) is 1. The van der Waals surface area contributed by atoms with Crippen LogP contribution >= 0.6 is 0 Å². The fourth-order valence-corrected chi connectivity index (χ4v) is 2.15. The van der Waals surface area contributed by atoms with Crippen LogP contribution in [0.3, 0.4) is 0 Å². The smallest absolute Gasteiger partial charge is 0.0991 e. The van der Waals surface area contributed by atoms with Crippen molar-refractivity contribution in [3.05, 3.63) is 53.6 Å². The second kappa shape index (κ2) is 7.46. The van der Waals surface area contributed by atoms with Crippen molar-refractivity contribution >= 4 is 0 Å². The summed E-state index contributed by atoms with van der Waals surface area (Å²) < 4.78 is 2.10. The van der Waals surface area contributed by atoms with E-state index in [0.717, 1.165) is 38.0 Å². The number of nitriles is 1. The zero-order valence-corrected chi connectivity index (χ0v) is 11.8. The molecule has 1 heterocycles. The first-order valence-corrected chi connectivity index (χ1v) is 6.95. The Morgan fingerprint density at radius 3 is 2.95 bits per heavy atom. The van der Waals surface area contributed by atoms with Crippen molar-refractivity contribution < 1.29 is 0 Å². The molecule has 0 fully saturated rings. The van der Waals surface area contributed by atoms with Crippen LogP contribution < -0.4 is 5.32 Å². The third-order valence-corrected chi connectivity index (χ3v) is 3.37. The van der Waals surface area contributed by atoms with Crippen molar-refractivity contribution in [3.63, 3.8) is 0 Å². The lowest BCUT2D eigenvalue weighted by Crippen LogP contribution is -2.16. The number of unbranched alkanes of at least 4 members (excludes halogenated alkanes) is 1. The van der Waals surface area contributed by atoms with Crippen molar-refractivity contribution in [3.8, 4) is 6.07 Å². The number of hydrogen-bond donors (Lipinski definition) is 1. The molecule has 20 heavy (non-hydrogen) atoms. The van der Waals surface area contributed by atoms with Gasteiger partial charge in [-0.25, -0.2) is 4.98 Å². The van der Waals surface area contributed by atoms with Crippen LogP contribution in [0.25, 0.3) is 0 Å². The Balaban J connectivity index is 1.65. The van der Waals surface area contributed by atoms with E-state index in [4.69, 9.17) is 5.26 Å². The molecule has 0 aliphatic carbocycles. The van der Waals surface area contributed by atoms with Crippen LogP contribution in [0.15, 0.2) is 36.9 Å². The molecule has 4 nitrogen and oxygen atoms in total. The molecule has 1 aromatic heterocycles. The maximum atomic E-state index is 8.83. The second-order valence-corrected chi connectivity index (χ2v) is 4.94. The molecule has 104 valence electrons. The highest BCUT2D eigenvalue weighted by Crippen LogP contribution is 2.10. The summed E-state index contributed by atoms with van der Waals surface area (Å²) in [7, 11) is 0. The average molecular weight is 268 g/mol. The Morgan fingerprint density at radius 1 is 1.35 bits per heavy atom. The van der Waals surface area contributed by atoms with E-state index in [2.05, 4.69) is 27.9 Å². The van der Waals surface area contributed by atoms with Gasteiger partial charge in [0, 0.05) is 25.5 Å². The third-order valence-electron chi connectivity index (χ3n) is 3.37. The SMILES string of the molecule is Cc1cc(C#N)ccc1CNCCCCn1ccnc1. The van der Waals surface area contributed by atoms with E-state index in [1.165, 1.54) is 11.1 Å². The van der Waals surface area contributed by atoms with Gasteiger partial charge in [-0.2, -0.15) is 5.26 Å². The predicted molar refractivity (Wildman–Crippen MR) is 79.1 cm³/mol. The summed E-state index contributed by atoms with van der Waals surface area (Å²) in [6, 6.07) is 8.02. The van der Waals surface area contributed by atoms with Crippen molar-refractivity contribution in [2.24, 2.45) is 0 Å². The van der Waals surface area contributed by atoms with Crippen LogP contribution in [-0.2, 0) is 13.1 Å². The molecule has 1 aromatic carbocycles. The van der Waals surface area contributed by atoms with Crippen LogP contribution in [0.2, 0.25) is 0 Å². The highest BCUT2D eigenvalue weighted by atomic mass is 15.0. The monoisotopic (exact) mass is 268 g/mol. The van der Waals surface area contributed by atoms with Gasteiger partial charge in [0.2, 0.25) is 0 Å². The average Bonchev–Trinajstić information content (AvgIpc) is 2.97. The first-order chi connectivity index (χ1) is 9.79. The molecule has 0 atom stereocenters. The van der Waals surface area contributed by atoms with Gasteiger partial charge in [-0.05, 0) is 49.6 Å². The quantitative estimate of drug-likeness (QED) is 0.785. The molecule has 0 aliphatic heterocycles. The number of aryl methyl sites for hydroxylation is 2. The Morgan fingerprint density at radius 2 is 2.25 bits per heavy atom. The van der Waals surface area contributed by atoms with Crippen molar-refractivity contribution in [2.75, 3.05) is 6.54 Å². The zero-order valence-electron chi connectivity index (χ0n) is 11.8. The van der Waals surface area contributed by atoms with Gasteiger partial charge in [0.1, 0.15) is 0 Å². The van der Waals surface area contributed by atoms with Crippen LogP contribution in [0.5, 0.6) is 0 Å². The minimum atomic E-state index is 0.728. The summed E-state index contributed by atoms with van der Waals surface area (Å²) in [6.45, 7) is 4.95. The fraction of sp³-hybridized carbons (Fsp3) is 0.375. The predicted octanol–water partition coefficient (Wildman–Crippen LogP) is 2.63. The van der Waals surface area contributed by atoms with Crippen LogP contribution in [0.1, 0.15) is 29.5 Å². The van der Waals surface area contributed by atoms with E-state index in [9.17, 15) is 0 Å². The lowest BCUT2D eigenvalue weighted by atomic mass is 10.1. The molecule has 4 heteroatoms. The summed E-state index contributed by atoms with van der Waals surface area (Å²) >= 11 is 0. The molecule has 0 spiro atoms. The van der Waals surface area contributed by atoms with Gasteiger partial charge in [0.15, 0.2) is 0 Å². The standard InChI is InChI=1S/C16H20N4/c1-14-10-15(11-17)4-5-16(14)12-18-6-2-3-8-20-9-7-19-13-20/h4-5,7,9-10,13,18H,2-3,6,8,12H2,1H3. The maximum absolute atomic E-state index is 8.83. The van der Waals surface area contributed by atoms with E-state index in [1.807, 2.05) is 36.9 Å². The molecule has 0 radical (unpaired) electrons. The Bertz CT molecular complexity index is 567. The molecule has 0 unspecified atom stereocenters. The second-order valence-electron chi connectivity index (χ2n) is 4.94. The molecule has 0 bridgehead atoms. The number of imidazole rings is 1. The number of benzene rings is 1. The molecule has 1 N–H and O–H groups in total. The Labute approximate surface area is 120 Å². The van der Waals surface area contributed by atoms with E-state index < -0.39 is 0 Å².